The molecule has 0 unspecified atom stereocenters. The van der Waals surface area contributed by atoms with Crippen molar-refractivity contribution in [1.82, 2.24) is 0 Å². The first-order valence-corrected chi connectivity index (χ1v) is 4.53. The van der Waals surface area contributed by atoms with Gasteiger partial charge < -0.3 is 10.5 Å². The maximum absolute atomic E-state index is 11.2. The van der Waals surface area contributed by atoms with Gasteiger partial charge in [-0.15, -0.1) is 0 Å². The van der Waals surface area contributed by atoms with Crippen LogP contribution in [0.15, 0.2) is 12.2 Å². The SMILES string of the molecule is C/C=C/[C@@H]([NH3+])CC(=O)OC(C)(C)C. The summed E-state index contributed by atoms with van der Waals surface area (Å²) in [6, 6.07) is 0.0137. The summed E-state index contributed by atoms with van der Waals surface area (Å²) in [7, 11) is 0. The fourth-order valence-corrected chi connectivity index (χ4v) is 0.937. The van der Waals surface area contributed by atoms with Gasteiger partial charge in [0, 0.05) is 0 Å². The van der Waals surface area contributed by atoms with E-state index in [0.29, 0.717) is 6.42 Å². The Morgan fingerprint density at radius 2 is 2.08 bits per heavy atom. The lowest BCUT2D eigenvalue weighted by atomic mass is 10.1. The molecule has 1 atom stereocenters. The minimum atomic E-state index is -0.396. The Kier molecular flexibility index (Phi) is 4.70. The third kappa shape index (κ3) is 7.53. The van der Waals surface area contributed by atoms with Gasteiger partial charge in [-0.2, -0.15) is 0 Å². The summed E-state index contributed by atoms with van der Waals surface area (Å²) in [6.07, 6.45) is 4.13. The van der Waals surface area contributed by atoms with Crippen LogP contribution in [0.1, 0.15) is 34.1 Å². The van der Waals surface area contributed by atoms with Crippen molar-refractivity contribution < 1.29 is 15.3 Å². The molecule has 0 saturated heterocycles. The summed E-state index contributed by atoms with van der Waals surface area (Å²) in [4.78, 5) is 11.2. The average Bonchev–Trinajstić information content (AvgIpc) is 1.81. The van der Waals surface area contributed by atoms with Crippen LogP contribution in [0, 0.1) is 0 Å². The summed E-state index contributed by atoms with van der Waals surface area (Å²) in [5.41, 5.74) is 3.41. The van der Waals surface area contributed by atoms with Crippen molar-refractivity contribution >= 4 is 5.97 Å². The van der Waals surface area contributed by atoms with Crippen LogP contribution in [0.4, 0.5) is 0 Å². The van der Waals surface area contributed by atoms with Gasteiger partial charge in [0.15, 0.2) is 0 Å². The molecule has 0 radical (unpaired) electrons. The molecule has 0 fully saturated rings. The molecule has 0 saturated carbocycles. The monoisotopic (exact) mass is 186 g/mol. The van der Waals surface area contributed by atoms with Gasteiger partial charge >= 0.3 is 5.97 Å². The van der Waals surface area contributed by atoms with E-state index in [0.717, 1.165) is 0 Å². The molecule has 3 heteroatoms. The largest absolute Gasteiger partial charge is 0.460 e. The van der Waals surface area contributed by atoms with Gasteiger partial charge in [-0.05, 0) is 33.8 Å². The lowest BCUT2D eigenvalue weighted by Gasteiger charge is -2.19. The zero-order valence-electron chi connectivity index (χ0n) is 8.96. The minimum absolute atomic E-state index is 0.0137. The molecule has 0 spiro atoms. The molecule has 0 amide bonds. The fourth-order valence-electron chi connectivity index (χ4n) is 0.937. The summed E-state index contributed by atoms with van der Waals surface area (Å²) >= 11 is 0. The average molecular weight is 186 g/mol. The van der Waals surface area contributed by atoms with Gasteiger partial charge in [0.2, 0.25) is 0 Å². The highest BCUT2D eigenvalue weighted by atomic mass is 16.6. The number of hydrogen-bond donors (Lipinski definition) is 1. The molecular weight excluding hydrogens is 166 g/mol. The third-order valence-corrected chi connectivity index (χ3v) is 1.31. The van der Waals surface area contributed by atoms with E-state index in [-0.39, 0.29) is 12.0 Å². The number of carbonyl (C=O) groups excluding carboxylic acids is 1. The lowest BCUT2D eigenvalue weighted by Crippen LogP contribution is -2.60. The first kappa shape index (κ1) is 12.2. The van der Waals surface area contributed by atoms with E-state index in [1.807, 2.05) is 39.8 Å². The minimum Gasteiger partial charge on any atom is -0.460 e. The van der Waals surface area contributed by atoms with Gasteiger partial charge in [0.25, 0.3) is 0 Å². The Morgan fingerprint density at radius 1 is 1.54 bits per heavy atom. The molecule has 0 heterocycles. The number of quaternary nitrogens is 1. The highest BCUT2D eigenvalue weighted by molar-refractivity contribution is 5.70. The molecule has 0 aliphatic carbocycles. The van der Waals surface area contributed by atoms with E-state index in [1.54, 1.807) is 0 Å². The van der Waals surface area contributed by atoms with Gasteiger partial charge in [-0.25, -0.2) is 0 Å². The van der Waals surface area contributed by atoms with Crippen LogP contribution in [0.5, 0.6) is 0 Å². The number of esters is 1. The van der Waals surface area contributed by atoms with E-state index in [2.05, 4.69) is 5.73 Å². The second-order valence-electron chi connectivity index (χ2n) is 4.08. The second-order valence-corrected chi connectivity index (χ2v) is 4.08. The van der Waals surface area contributed by atoms with Gasteiger partial charge in [-0.1, -0.05) is 6.08 Å². The molecule has 0 bridgehead atoms. The van der Waals surface area contributed by atoms with E-state index < -0.39 is 5.60 Å². The van der Waals surface area contributed by atoms with Crippen LogP contribution in [0.25, 0.3) is 0 Å². The van der Waals surface area contributed by atoms with Crippen molar-refractivity contribution in [2.24, 2.45) is 0 Å². The number of allylic oxidation sites excluding steroid dienone is 1. The van der Waals surface area contributed by atoms with Crippen molar-refractivity contribution in [2.45, 2.75) is 45.8 Å². The molecular formula is C10H20NO2+. The number of hydrogen-bond acceptors (Lipinski definition) is 2. The molecule has 0 aromatic heterocycles. The van der Waals surface area contributed by atoms with Gasteiger partial charge in [-0.3, -0.25) is 4.79 Å². The molecule has 0 aromatic rings. The zero-order valence-corrected chi connectivity index (χ0v) is 8.96. The zero-order chi connectivity index (χ0) is 10.5. The van der Waals surface area contributed by atoms with Crippen molar-refractivity contribution in [3.8, 4) is 0 Å². The van der Waals surface area contributed by atoms with Crippen LogP contribution in [-0.2, 0) is 9.53 Å². The predicted octanol–water partition coefficient (Wildman–Crippen LogP) is 0.905. The summed E-state index contributed by atoms with van der Waals surface area (Å²) in [6.45, 7) is 7.49. The molecule has 3 nitrogen and oxygen atoms in total. The van der Waals surface area contributed by atoms with Crippen LogP contribution in [-0.4, -0.2) is 17.6 Å². The van der Waals surface area contributed by atoms with Crippen molar-refractivity contribution in [3.05, 3.63) is 12.2 Å². The normalized spacial score (nSPS) is 14.5. The Balaban J connectivity index is 3.88. The van der Waals surface area contributed by atoms with E-state index >= 15 is 0 Å². The van der Waals surface area contributed by atoms with Gasteiger partial charge in [0.05, 0.1) is 0 Å². The van der Waals surface area contributed by atoms with E-state index in [9.17, 15) is 4.79 Å². The number of rotatable bonds is 3. The van der Waals surface area contributed by atoms with Crippen LogP contribution < -0.4 is 5.73 Å². The smallest absolute Gasteiger partial charge is 0.312 e. The first-order valence-electron chi connectivity index (χ1n) is 4.53. The maximum Gasteiger partial charge on any atom is 0.312 e. The molecule has 3 N–H and O–H groups in total. The number of carbonyl (C=O) groups is 1. The third-order valence-electron chi connectivity index (χ3n) is 1.31. The summed E-state index contributed by atoms with van der Waals surface area (Å²) in [5.74, 6) is -0.189. The van der Waals surface area contributed by atoms with E-state index in [4.69, 9.17) is 4.74 Å². The Labute approximate surface area is 79.9 Å². The standard InChI is InChI=1S/C10H19NO2/c1-5-6-8(11)7-9(12)13-10(2,3)4/h5-6,8H,7,11H2,1-4H3/p+1/b6-5+/t8-/m1/s1. The molecule has 0 aliphatic heterocycles. The summed E-state index contributed by atoms with van der Waals surface area (Å²) < 4.78 is 5.14. The molecule has 0 aliphatic rings. The van der Waals surface area contributed by atoms with Crippen LogP contribution in [0.3, 0.4) is 0 Å². The van der Waals surface area contributed by atoms with Gasteiger partial charge in [0.1, 0.15) is 18.1 Å². The Bertz CT molecular complexity index is 192. The van der Waals surface area contributed by atoms with Crippen molar-refractivity contribution in [2.75, 3.05) is 0 Å². The predicted molar refractivity (Wildman–Crippen MR) is 52.0 cm³/mol. The van der Waals surface area contributed by atoms with Crippen LogP contribution in [0.2, 0.25) is 0 Å². The Hall–Kier alpha value is -0.830. The Morgan fingerprint density at radius 3 is 2.46 bits per heavy atom. The number of ether oxygens (including phenoxy) is 1. The quantitative estimate of drug-likeness (QED) is 0.526. The molecule has 0 rings (SSSR count). The first-order chi connectivity index (χ1) is 5.85. The molecule has 13 heavy (non-hydrogen) atoms. The highest BCUT2D eigenvalue weighted by Gasteiger charge is 2.18. The molecule has 0 aromatic carbocycles. The maximum atomic E-state index is 11.2. The fraction of sp³-hybridized carbons (Fsp3) is 0.700. The second kappa shape index (κ2) is 5.02. The van der Waals surface area contributed by atoms with Crippen LogP contribution >= 0.6 is 0 Å². The lowest BCUT2D eigenvalue weighted by molar-refractivity contribution is -0.402. The molecule has 76 valence electrons. The van der Waals surface area contributed by atoms with Crippen molar-refractivity contribution in [3.63, 3.8) is 0 Å². The highest BCUT2D eigenvalue weighted by Crippen LogP contribution is 2.08. The topological polar surface area (TPSA) is 53.9 Å². The summed E-state index contributed by atoms with van der Waals surface area (Å²) in [5, 5.41) is 0. The van der Waals surface area contributed by atoms with Crippen molar-refractivity contribution in [1.29, 1.82) is 0 Å². The van der Waals surface area contributed by atoms with E-state index in [1.165, 1.54) is 0 Å².